The Morgan fingerprint density at radius 3 is 0.953 bits per heavy atom. The Kier molecular flexibility index (Phi) is 18.4. The van der Waals surface area contributed by atoms with E-state index in [9.17, 15) is 0 Å². The highest BCUT2D eigenvalue weighted by atomic mass is 15.0. The number of hydrogen-bond acceptors (Lipinski definition) is 7. The molecule has 128 heavy (non-hydrogen) atoms. The monoisotopic (exact) mass is 1630 g/mol. The molecule has 0 bridgehead atoms. The van der Waals surface area contributed by atoms with Gasteiger partial charge in [0.1, 0.15) is 0 Å². The number of rotatable bonds is 13. The van der Waals surface area contributed by atoms with Gasteiger partial charge >= 0.3 is 0 Å². The molecular weight excluding hydrogens is 1560 g/mol. The molecule has 0 N–H and O–H groups in total. The molecule has 0 saturated carbocycles. The molecule has 6 heterocycles. The molecule has 0 atom stereocenters. The standard InChI is InChI=1S/C63H40N4.C56H35N5/c1-3-15-47(16-4-1)63-65-57(40-58(66-63)45-35-31-43(32-36-45)55-39-48-17-7-8-20-50(48)51-21-9-10-22-52(51)55)44-33-27-41(28-34-44)42-29-37-46(38-30-42)61-62-60(53-23-11-13-25-56(53)64-61)54-24-12-14-26-59(54)67(62)49-18-5-2-6-19-49;1-3-14-41(15-4-1)54-58-55(60-56(59-54)43-34-29-39-28-27-38-13-7-8-18-45(38)48(39)35-43)42-32-25-37(26-33-42)36-23-30-40(31-24-36)52-53-51(46-19-9-11-21-49(46)57-52)47-20-10-12-22-50(47)61(53)44-16-5-2-6-17-44/h1-40H;1-35H. The second kappa shape index (κ2) is 31.6. The van der Waals surface area contributed by atoms with Gasteiger partial charge in [0.2, 0.25) is 0 Å². The van der Waals surface area contributed by atoms with Crippen molar-refractivity contribution >= 4 is 109 Å². The minimum absolute atomic E-state index is 0.629. The van der Waals surface area contributed by atoms with E-state index in [1.165, 1.54) is 75.8 Å². The zero-order valence-electron chi connectivity index (χ0n) is 69.3. The molecule has 25 rings (SSSR count). The Bertz CT molecular complexity index is 8620. The fraction of sp³-hybridized carbons (Fsp3) is 0. The van der Waals surface area contributed by atoms with E-state index in [0.717, 1.165) is 145 Å². The van der Waals surface area contributed by atoms with Crippen molar-refractivity contribution in [2.24, 2.45) is 0 Å². The summed E-state index contributed by atoms with van der Waals surface area (Å²) in [5, 5.41) is 16.9. The van der Waals surface area contributed by atoms with Gasteiger partial charge in [0.05, 0.1) is 55.9 Å². The summed E-state index contributed by atoms with van der Waals surface area (Å²) in [4.78, 5) is 36.1. The quantitative estimate of drug-likeness (QED) is 0.106. The van der Waals surface area contributed by atoms with Crippen LogP contribution in [-0.2, 0) is 0 Å². The fourth-order valence-corrected chi connectivity index (χ4v) is 18.8. The van der Waals surface area contributed by atoms with E-state index < -0.39 is 0 Å². The van der Waals surface area contributed by atoms with Gasteiger partial charge in [-0.15, -0.1) is 0 Å². The SMILES string of the molecule is c1ccc(-c2nc(-c3ccc(-c4ccc(-c5nc6ccccc6c6c7ccccc7n(-c7ccccc7)c56)cc4)cc3)cc(-c3ccc(-c4cc5ccccc5c5ccccc45)cc3)n2)cc1.c1ccc(-c2nc(-c3ccc(-c4ccc(-c5nc6ccccc6c6c7ccccc7n(-c7ccccc7)c56)cc4)cc3)nc(-c3ccc4ccc5ccccc5c4c3)n2)cc1. The van der Waals surface area contributed by atoms with Crippen LogP contribution in [0.5, 0.6) is 0 Å². The molecule has 0 aliphatic carbocycles. The minimum Gasteiger partial charge on any atom is -0.307 e. The van der Waals surface area contributed by atoms with Crippen molar-refractivity contribution in [3.8, 4) is 135 Å². The second-order valence-corrected chi connectivity index (χ2v) is 32.6. The average molecular weight is 1630 g/mol. The lowest BCUT2D eigenvalue weighted by molar-refractivity contribution is 1.07. The number of para-hydroxylation sites is 6. The van der Waals surface area contributed by atoms with E-state index in [0.29, 0.717) is 23.3 Å². The summed E-state index contributed by atoms with van der Waals surface area (Å²) in [7, 11) is 0. The summed E-state index contributed by atoms with van der Waals surface area (Å²) < 4.78 is 4.74. The van der Waals surface area contributed by atoms with Crippen LogP contribution in [0.2, 0.25) is 0 Å². The van der Waals surface area contributed by atoms with Crippen molar-refractivity contribution in [1.29, 1.82) is 0 Å². The number of hydrogen-bond donors (Lipinski definition) is 0. The molecule has 9 nitrogen and oxygen atoms in total. The molecule has 0 unspecified atom stereocenters. The first kappa shape index (κ1) is 74.6. The third kappa shape index (κ3) is 13.3. The van der Waals surface area contributed by atoms with Crippen molar-refractivity contribution < 1.29 is 0 Å². The van der Waals surface area contributed by atoms with Crippen LogP contribution < -0.4 is 0 Å². The smallest absolute Gasteiger partial charge is 0.164 e. The molecule has 596 valence electrons. The molecular formula is C119H75N9. The van der Waals surface area contributed by atoms with Crippen molar-refractivity contribution in [1.82, 2.24) is 44.0 Å². The number of fused-ring (bicyclic) bond motifs is 16. The maximum Gasteiger partial charge on any atom is 0.164 e. The van der Waals surface area contributed by atoms with Crippen molar-refractivity contribution in [2.75, 3.05) is 0 Å². The predicted octanol–water partition coefficient (Wildman–Crippen LogP) is 30.6. The van der Waals surface area contributed by atoms with Crippen LogP contribution in [0.4, 0.5) is 0 Å². The van der Waals surface area contributed by atoms with E-state index >= 15 is 0 Å². The van der Waals surface area contributed by atoms with Gasteiger partial charge in [0.15, 0.2) is 23.3 Å². The number of pyridine rings is 2. The molecule has 0 saturated heterocycles. The Balaban J connectivity index is 0.000000143. The lowest BCUT2D eigenvalue weighted by atomic mass is 9.93. The van der Waals surface area contributed by atoms with Gasteiger partial charge in [-0.3, -0.25) is 0 Å². The zero-order chi connectivity index (χ0) is 84.5. The van der Waals surface area contributed by atoms with Gasteiger partial charge in [-0.25, -0.2) is 34.9 Å². The second-order valence-electron chi connectivity index (χ2n) is 32.6. The number of benzene rings is 19. The van der Waals surface area contributed by atoms with E-state index in [1.54, 1.807) is 0 Å². The molecule has 0 radical (unpaired) electrons. The first-order valence-corrected chi connectivity index (χ1v) is 43.3. The Morgan fingerprint density at radius 2 is 0.477 bits per heavy atom. The van der Waals surface area contributed by atoms with Gasteiger partial charge in [0.25, 0.3) is 0 Å². The molecule has 9 heteroatoms. The average Bonchev–Trinajstić information content (AvgIpc) is 1.56. The molecule has 25 aromatic rings. The lowest BCUT2D eigenvalue weighted by Gasteiger charge is -2.13. The van der Waals surface area contributed by atoms with E-state index in [4.69, 9.17) is 34.9 Å². The Morgan fingerprint density at radius 1 is 0.164 bits per heavy atom. The Hall–Kier alpha value is -17.3. The van der Waals surface area contributed by atoms with Gasteiger partial charge in [0, 0.05) is 88.2 Å². The van der Waals surface area contributed by atoms with Gasteiger partial charge in [-0.05, 0) is 143 Å². The summed E-state index contributed by atoms with van der Waals surface area (Å²) in [6.45, 7) is 0. The van der Waals surface area contributed by atoms with Crippen LogP contribution in [0.15, 0.2) is 455 Å². The predicted molar refractivity (Wildman–Crippen MR) is 531 cm³/mol. The van der Waals surface area contributed by atoms with Crippen LogP contribution in [-0.4, -0.2) is 44.0 Å². The molecule has 0 spiro atoms. The summed E-state index contributed by atoms with van der Waals surface area (Å²) in [5.41, 5.74) is 27.2. The van der Waals surface area contributed by atoms with Crippen molar-refractivity contribution in [2.45, 2.75) is 0 Å². The van der Waals surface area contributed by atoms with Crippen LogP contribution in [0.1, 0.15) is 0 Å². The highest BCUT2D eigenvalue weighted by molar-refractivity contribution is 6.25. The highest BCUT2D eigenvalue weighted by Gasteiger charge is 2.25. The first-order valence-electron chi connectivity index (χ1n) is 43.3. The summed E-state index contributed by atoms with van der Waals surface area (Å²) >= 11 is 0. The molecule has 0 fully saturated rings. The summed E-state index contributed by atoms with van der Waals surface area (Å²) in [6, 6.07) is 161. The summed E-state index contributed by atoms with van der Waals surface area (Å²) in [6.07, 6.45) is 0. The maximum absolute atomic E-state index is 5.37. The fourth-order valence-electron chi connectivity index (χ4n) is 18.8. The summed E-state index contributed by atoms with van der Waals surface area (Å²) in [5.74, 6) is 2.60. The normalized spacial score (nSPS) is 11.6. The lowest BCUT2D eigenvalue weighted by Crippen LogP contribution is -2.00. The van der Waals surface area contributed by atoms with Crippen LogP contribution in [0.25, 0.3) is 244 Å². The van der Waals surface area contributed by atoms with Crippen LogP contribution in [0.3, 0.4) is 0 Å². The minimum atomic E-state index is 0.629. The van der Waals surface area contributed by atoms with E-state index in [1.807, 2.05) is 48.5 Å². The molecule has 0 aliphatic rings. The van der Waals surface area contributed by atoms with E-state index in [-0.39, 0.29) is 0 Å². The maximum atomic E-state index is 5.37. The van der Waals surface area contributed by atoms with Crippen molar-refractivity contribution in [3.05, 3.63) is 455 Å². The third-order valence-corrected chi connectivity index (χ3v) is 25.0. The largest absolute Gasteiger partial charge is 0.307 e. The molecule has 19 aromatic carbocycles. The van der Waals surface area contributed by atoms with Crippen LogP contribution in [0, 0.1) is 0 Å². The Labute approximate surface area is 737 Å². The van der Waals surface area contributed by atoms with Gasteiger partial charge < -0.3 is 9.13 Å². The first-order chi connectivity index (χ1) is 63.4. The molecule has 6 aromatic heterocycles. The number of nitrogens with zero attached hydrogens (tertiary/aromatic N) is 9. The highest BCUT2D eigenvalue weighted by Crippen LogP contribution is 2.46. The topological polar surface area (TPSA) is 100 Å². The number of aromatic nitrogens is 9. The zero-order valence-corrected chi connectivity index (χ0v) is 69.3. The molecule has 0 amide bonds. The van der Waals surface area contributed by atoms with Gasteiger partial charge in [-0.2, -0.15) is 0 Å². The van der Waals surface area contributed by atoms with Crippen molar-refractivity contribution in [3.63, 3.8) is 0 Å². The van der Waals surface area contributed by atoms with E-state index in [2.05, 4.69) is 416 Å². The van der Waals surface area contributed by atoms with Crippen LogP contribution >= 0.6 is 0 Å². The molecule has 0 aliphatic heterocycles. The van der Waals surface area contributed by atoms with Gasteiger partial charge in [-0.1, -0.05) is 388 Å². The third-order valence-electron chi connectivity index (χ3n) is 25.0.